The Balaban J connectivity index is 2.59. The Morgan fingerprint density at radius 2 is 2.07 bits per heavy atom. The van der Waals surface area contributed by atoms with Crippen molar-refractivity contribution in [3.05, 3.63) is 33.8 Å². The number of hydrogen-bond acceptors (Lipinski definition) is 1. The molecule has 0 saturated carbocycles. The maximum atomic E-state index is 6.05. The Bertz CT molecular complexity index is 299. The lowest BCUT2D eigenvalue weighted by Gasteiger charge is -2.10. The van der Waals surface area contributed by atoms with Crippen LogP contribution >= 0.6 is 23.2 Å². The average Bonchev–Trinajstić information content (AvgIpc) is 2.16. The Morgan fingerprint density at radius 3 is 2.64 bits per heavy atom. The van der Waals surface area contributed by atoms with E-state index in [1.165, 1.54) is 0 Å². The molecular weight excluding hydrogens is 217 g/mol. The summed E-state index contributed by atoms with van der Waals surface area (Å²) < 4.78 is 0. The molecule has 0 unspecified atom stereocenters. The SMILES string of the molecule is CN[C@H](C)CCc1ccc(Cl)cc1Cl. The minimum atomic E-state index is 0.516. The lowest BCUT2D eigenvalue weighted by Crippen LogP contribution is -2.21. The van der Waals surface area contributed by atoms with Crippen molar-refractivity contribution in [2.24, 2.45) is 0 Å². The predicted molar refractivity (Wildman–Crippen MR) is 63.3 cm³/mol. The molecule has 0 aliphatic rings. The van der Waals surface area contributed by atoms with E-state index in [1.807, 2.05) is 19.2 Å². The fourth-order valence-electron chi connectivity index (χ4n) is 1.24. The summed E-state index contributed by atoms with van der Waals surface area (Å²) in [5.41, 5.74) is 1.16. The quantitative estimate of drug-likeness (QED) is 0.837. The number of halogens is 2. The molecule has 0 saturated heterocycles. The lowest BCUT2D eigenvalue weighted by molar-refractivity contribution is 0.565. The van der Waals surface area contributed by atoms with Gasteiger partial charge in [0, 0.05) is 16.1 Å². The summed E-state index contributed by atoms with van der Waals surface area (Å²) in [6.07, 6.45) is 2.07. The van der Waals surface area contributed by atoms with Crippen LogP contribution in [0, 0.1) is 0 Å². The van der Waals surface area contributed by atoms with Gasteiger partial charge in [0.05, 0.1) is 0 Å². The zero-order chi connectivity index (χ0) is 10.6. The van der Waals surface area contributed by atoms with E-state index in [1.54, 1.807) is 6.07 Å². The minimum Gasteiger partial charge on any atom is -0.317 e. The molecule has 1 aromatic carbocycles. The van der Waals surface area contributed by atoms with Gasteiger partial charge >= 0.3 is 0 Å². The van der Waals surface area contributed by atoms with Gasteiger partial charge in [-0.15, -0.1) is 0 Å². The molecule has 1 N–H and O–H groups in total. The maximum Gasteiger partial charge on any atom is 0.0452 e. The van der Waals surface area contributed by atoms with E-state index >= 15 is 0 Å². The lowest BCUT2D eigenvalue weighted by atomic mass is 10.1. The molecule has 0 aliphatic carbocycles. The minimum absolute atomic E-state index is 0.516. The van der Waals surface area contributed by atoms with E-state index in [4.69, 9.17) is 23.2 Å². The van der Waals surface area contributed by atoms with Crippen LogP contribution in [0.4, 0.5) is 0 Å². The van der Waals surface area contributed by atoms with Crippen LogP contribution in [-0.2, 0) is 6.42 Å². The van der Waals surface area contributed by atoms with Crippen LogP contribution in [0.25, 0.3) is 0 Å². The molecule has 0 aliphatic heterocycles. The van der Waals surface area contributed by atoms with E-state index in [-0.39, 0.29) is 0 Å². The van der Waals surface area contributed by atoms with Crippen molar-refractivity contribution in [2.75, 3.05) is 7.05 Å². The number of aryl methyl sites for hydroxylation is 1. The van der Waals surface area contributed by atoms with Crippen molar-refractivity contribution in [2.45, 2.75) is 25.8 Å². The van der Waals surface area contributed by atoms with Crippen molar-refractivity contribution in [1.82, 2.24) is 5.32 Å². The zero-order valence-corrected chi connectivity index (χ0v) is 9.99. The first-order valence-electron chi connectivity index (χ1n) is 4.74. The standard InChI is InChI=1S/C11H15Cl2N/c1-8(14-2)3-4-9-5-6-10(12)7-11(9)13/h5-8,14H,3-4H2,1-2H3/t8-/m1/s1. The molecule has 1 nitrogen and oxygen atoms in total. The van der Waals surface area contributed by atoms with E-state index in [0.717, 1.165) is 23.4 Å². The molecule has 1 atom stereocenters. The first kappa shape index (κ1) is 11.8. The van der Waals surface area contributed by atoms with Crippen LogP contribution in [-0.4, -0.2) is 13.1 Å². The second kappa shape index (κ2) is 5.59. The Kier molecular flexibility index (Phi) is 4.73. The van der Waals surface area contributed by atoms with Gasteiger partial charge in [0.25, 0.3) is 0 Å². The van der Waals surface area contributed by atoms with E-state index < -0.39 is 0 Å². The van der Waals surface area contributed by atoms with Crippen LogP contribution in [0.5, 0.6) is 0 Å². The third-order valence-electron chi connectivity index (χ3n) is 2.35. The smallest absolute Gasteiger partial charge is 0.0452 e. The summed E-state index contributed by atoms with van der Waals surface area (Å²) in [5, 5.41) is 4.66. The largest absolute Gasteiger partial charge is 0.317 e. The predicted octanol–water partition coefficient (Wildman–Crippen LogP) is 3.53. The van der Waals surface area contributed by atoms with Gasteiger partial charge in [-0.3, -0.25) is 0 Å². The highest BCUT2D eigenvalue weighted by molar-refractivity contribution is 6.35. The van der Waals surface area contributed by atoms with Gasteiger partial charge in [-0.05, 0) is 44.5 Å². The van der Waals surface area contributed by atoms with Gasteiger partial charge in [-0.25, -0.2) is 0 Å². The molecule has 1 aromatic rings. The van der Waals surface area contributed by atoms with Crippen LogP contribution in [0.3, 0.4) is 0 Å². The van der Waals surface area contributed by atoms with Crippen LogP contribution < -0.4 is 5.32 Å². The summed E-state index contributed by atoms with van der Waals surface area (Å²) in [6.45, 7) is 2.16. The molecule has 3 heteroatoms. The molecule has 0 spiro atoms. The average molecular weight is 232 g/mol. The van der Waals surface area contributed by atoms with Crippen molar-refractivity contribution in [1.29, 1.82) is 0 Å². The van der Waals surface area contributed by atoms with Crippen molar-refractivity contribution < 1.29 is 0 Å². The van der Waals surface area contributed by atoms with Gasteiger partial charge in [0.2, 0.25) is 0 Å². The maximum absolute atomic E-state index is 6.05. The van der Waals surface area contributed by atoms with Crippen LogP contribution in [0.2, 0.25) is 10.0 Å². The fourth-order valence-corrected chi connectivity index (χ4v) is 1.74. The molecule has 0 bridgehead atoms. The molecule has 1 rings (SSSR count). The highest BCUT2D eigenvalue weighted by Crippen LogP contribution is 2.22. The Morgan fingerprint density at radius 1 is 1.36 bits per heavy atom. The third-order valence-corrected chi connectivity index (χ3v) is 2.94. The molecule has 78 valence electrons. The van der Waals surface area contributed by atoms with Gasteiger partial charge in [0.1, 0.15) is 0 Å². The second-order valence-electron chi connectivity index (χ2n) is 3.46. The Labute approximate surface area is 95.4 Å². The topological polar surface area (TPSA) is 12.0 Å². The van der Waals surface area contributed by atoms with Crippen LogP contribution in [0.15, 0.2) is 18.2 Å². The summed E-state index contributed by atoms with van der Waals surface area (Å²) in [4.78, 5) is 0. The summed E-state index contributed by atoms with van der Waals surface area (Å²) in [6, 6.07) is 6.18. The molecule has 0 heterocycles. The third kappa shape index (κ3) is 3.49. The first-order chi connectivity index (χ1) is 6.63. The highest BCUT2D eigenvalue weighted by Gasteiger charge is 2.03. The molecule has 14 heavy (non-hydrogen) atoms. The molecule has 0 aromatic heterocycles. The van der Waals surface area contributed by atoms with Gasteiger partial charge in [0.15, 0.2) is 0 Å². The number of nitrogens with one attached hydrogen (secondary N) is 1. The van der Waals surface area contributed by atoms with Crippen LogP contribution in [0.1, 0.15) is 18.9 Å². The molecule has 0 amide bonds. The zero-order valence-electron chi connectivity index (χ0n) is 8.48. The van der Waals surface area contributed by atoms with E-state index in [9.17, 15) is 0 Å². The van der Waals surface area contributed by atoms with Crippen molar-refractivity contribution in [3.63, 3.8) is 0 Å². The van der Waals surface area contributed by atoms with Gasteiger partial charge < -0.3 is 5.32 Å². The molecule has 0 fully saturated rings. The van der Waals surface area contributed by atoms with E-state index in [0.29, 0.717) is 11.1 Å². The fraction of sp³-hybridized carbons (Fsp3) is 0.455. The highest BCUT2D eigenvalue weighted by atomic mass is 35.5. The normalized spacial score (nSPS) is 12.9. The monoisotopic (exact) mass is 231 g/mol. The number of hydrogen-bond donors (Lipinski definition) is 1. The van der Waals surface area contributed by atoms with Gasteiger partial charge in [-0.2, -0.15) is 0 Å². The Hall–Kier alpha value is -0.240. The first-order valence-corrected chi connectivity index (χ1v) is 5.50. The van der Waals surface area contributed by atoms with Gasteiger partial charge in [-0.1, -0.05) is 29.3 Å². The summed E-state index contributed by atoms with van der Waals surface area (Å²) in [7, 11) is 1.97. The summed E-state index contributed by atoms with van der Waals surface area (Å²) >= 11 is 11.9. The molecular formula is C11H15Cl2N. The van der Waals surface area contributed by atoms with Crippen molar-refractivity contribution in [3.8, 4) is 0 Å². The number of benzene rings is 1. The van der Waals surface area contributed by atoms with E-state index in [2.05, 4.69) is 12.2 Å². The van der Waals surface area contributed by atoms with Crippen molar-refractivity contribution >= 4 is 23.2 Å². The number of rotatable bonds is 4. The summed E-state index contributed by atoms with van der Waals surface area (Å²) in [5.74, 6) is 0. The molecule has 0 radical (unpaired) electrons. The second-order valence-corrected chi connectivity index (χ2v) is 4.31.